The first kappa shape index (κ1) is 8.85. The second-order valence-electron chi connectivity index (χ2n) is 2.68. The highest BCUT2D eigenvalue weighted by Gasteiger charge is 2.64. The number of nitrogens with one attached hydrogen (secondary N) is 2. The van der Waals surface area contributed by atoms with Crippen molar-refractivity contribution in [2.75, 3.05) is 0 Å². The van der Waals surface area contributed by atoms with E-state index in [1.54, 1.807) is 0 Å². The Morgan fingerprint density at radius 2 is 2.14 bits per heavy atom. The van der Waals surface area contributed by atoms with Crippen LogP contribution in [0.25, 0.3) is 0 Å². The van der Waals surface area contributed by atoms with Gasteiger partial charge in [0.05, 0.1) is 6.34 Å². The Bertz CT molecular complexity index is 379. The zero-order chi connectivity index (χ0) is 10.4. The van der Waals surface area contributed by atoms with E-state index in [1.165, 1.54) is 0 Å². The Morgan fingerprint density at radius 3 is 2.71 bits per heavy atom. The number of fused-ring (bicyclic) bond motifs is 1. The van der Waals surface area contributed by atoms with Gasteiger partial charge in [-0.05, 0) is 0 Å². The van der Waals surface area contributed by atoms with Crippen molar-refractivity contribution in [2.45, 2.75) is 11.7 Å². The van der Waals surface area contributed by atoms with Crippen LogP contribution in [-0.4, -0.2) is 36.1 Å². The van der Waals surface area contributed by atoms with E-state index in [0.717, 1.165) is 12.7 Å². The number of aliphatic imine (C=N–C) groups is 3. The van der Waals surface area contributed by atoms with Gasteiger partial charge in [0.25, 0.3) is 5.54 Å². The van der Waals surface area contributed by atoms with Crippen LogP contribution in [0.4, 0.5) is 13.2 Å². The molecule has 0 saturated carbocycles. The van der Waals surface area contributed by atoms with Gasteiger partial charge in [-0.3, -0.25) is 5.41 Å². The third-order valence-corrected chi connectivity index (χ3v) is 1.93. The maximum absolute atomic E-state index is 12.7. The van der Waals surface area contributed by atoms with Crippen molar-refractivity contribution in [3.63, 3.8) is 0 Å². The monoisotopic (exact) mass is 203 g/mol. The SMILES string of the molecule is N=C1N=CN=C2NC=NC12C(F)(F)F. The highest BCUT2D eigenvalue weighted by atomic mass is 19.4. The summed E-state index contributed by atoms with van der Waals surface area (Å²) in [6.07, 6.45) is -2.94. The lowest BCUT2D eigenvalue weighted by atomic mass is 9.96. The van der Waals surface area contributed by atoms with Crippen molar-refractivity contribution in [1.82, 2.24) is 5.32 Å². The molecule has 8 heteroatoms. The van der Waals surface area contributed by atoms with Crippen LogP contribution in [0.2, 0.25) is 0 Å². The molecule has 0 amide bonds. The van der Waals surface area contributed by atoms with Crippen molar-refractivity contribution in [3.05, 3.63) is 0 Å². The van der Waals surface area contributed by atoms with Crippen LogP contribution in [0.5, 0.6) is 0 Å². The quantitative estimate of drug-likeness (QED) is 0.585. The molecule has 14 heavy (non-hydrogen) atoms. The van der Waals surface area contributed by atoms with Gasteiger partial charge in [0.15, 0.2) is 11.7 Å². The van der Waals surface area contributed by atoms with E-state index in [0.29, 0.717) is 0 Å². The predicted molar refractivity (Wildman–Crippen MR) is 44.1 cm³/mol. The van der Waals surface area contributed by atoms with Crippen molar-refractivity contribution in [1.29, 1.82) is 5.41 Å². The van der Waals surface area contributed by atoms with E-state index in [-0.39, 0.29) is 0 Å². The maximum atomic E-state index is 12.7. The topological polar surface area (TPSA) is 73.0 Å². The molecule has 0 radical (unpaired) electrons. The Morgan fingerprint density at radius 1 is 1.43 bits per heavy atom. The lowest BCUT2D eigenvalue weighted by molar-refractivity contribution is -0.146. The van der Waals surface area contributed by atoms with Crippen LogP contribution in [0.1, 0.15) is 0 Å². The number of alkyl halides is 3. The van der Waals surface area contributed by atoms with E-state index in [9.17, 15) is 13.2 Å². The van der Waals surface area contributed by atoms with Gasteiger partial charge in [-0.1, -0.05) is 0 Å². The fraction of sp³-hybridized carbons (Fsp3) is 0.333. The van der Waals surface area contributed by atoms with Gasteiger partial charge in [-0.25, -0.2) is 15.0 Å². The first-order valence-electron chi connectivity index (χ1n) is 3.55. The predicted octanol–water partition coefficient (Wildman–Crippen LogP) is 0.337. The van der Waals surface area contributed by atoms with Crippen LogP contribution >= 0.6 is 0 Å². The number of hydrogen-bond acceptors (Lipinski definition) is 4. The fourth-order valence-electron chi connectivity index (χ4n) is 1.24. The van der Waals surface area contributed by atoms with Gasteiger partial charge < -0.3 is 5.32 Å². The van der Waals surface area contributed by atoms with E-state index in [1.807, 2.05) is 0 Å². The number of amidine groups is 2. The average molecular weight is 203 g/mol. The molecule has 5 nitrogen and oxygen atoms in total. The van der Waals surface area contributed by atoms with Gasteiger partial charge in [0.1, 0.15) is 6.34 Å². The summed E-state index contributed by atoms with van der Waals surface area (Å²) < 4.78 is 38.1. The van der Waals surface area contributed by atoms with Crippen LogP contribution in [0.15, 0.2) is 15.0 Å². The van der Waals surface area contributed by atoms with Crippen molar-refractivity contribution in [3.8, 4) is 0 Å². The summed E-state index contributed by atoms with van der Waals surface area (Å²) in [5, 5.41) is 9.41. The second-order valence-corrected chi connectivity index (χ2v) is 2.68. The lowest BCUT2D eigenvalue weighted by Crippen LogP contribution is -2.57. The third kappa shape index (κ3) is 0.847. The summed E-state index contributed by atoms with van der Waals surface area (Å²) in [5.41, 5.74) is -2.72. The van der Waals surface area contributed by atoms with Gasteiger partial charge in [-0.2, -0.15) is 13.2 Å². The molecular formula is C6H4F3N5. The molecule has 1 unspecified atom stereocenters. The molecule has 2 aliphatic heterocycles. The highest BCUT2D eigenvalue weighted by molar-refractivity contribution is 6.25. The normalized spacial score (nSPS) is 29.9. The molecule has 0 aliphatic carbocycles. The fourth-order valence-corrected chi connectivity index (χ4v) is 1.24. The first-order valence-corrected chi connectivity index (χ1v) is 3.55. The minimum Gasteiger partial charge on any atom is -0.332 e. The number of rotatable bonds is 0. The van der Waals surface area contributed by atoms with Crippen molar-refractivity contribution in [2.24, 2.45) is 15.0 Å². The molecule has 0 saturated heterocycles. The van der Waals surface area contributed by atoms with E-state index in [4.69, 9.17) is 5.41 Å². The zero-order valence-electron chi connectivity index (χ0n) is 6.63. The van der Waals surface area contributed by atoms with Gasteiger partial charge in [0.2, 0.25) is 0 Å². The van der Waals surface area contributed by atoms with Crippen LogP contribution in [0.3, 0.4) is 0 Å². The molecule has 1 atom stereocenters. The molecular weight excluding hydrogens is 199 g/mol. The molecule has 2 N–H and O–H groups in total. The van der Waals surface area contributed by atoms with E-state index >= 15 is 0 Å². The van der Waals surface area contributed by atoms with Gasteiger partial charge in [-0.15, -0.1) is 0 Å². The second kappa shape index (κ2) is 2.40. The molecule has 0 aromatic rings. The summed E-state index contributed by atoms with van der Waals surface area (Å²) in [6, 6.07) is 0. The van der Waals surface area contributed by atoms with E-state index in [2.05, 4.69) is 20.3 Å². The number of nitrogens with zero attached hydrogens (tertiary/aromatic N) is 3. The molecule has 74 valence electrons. The summed E-state index contributed by atoms with van der Waals surface area (Å²) >= 11 is 0. The summed E-state index contributed by atoms with van der Waals surface area (Å²) in [5.74, 6) is -1.30. The van der Waals surface area contributed by atoms with Gasteiger partial charge >= 0.3 is 6.18 Å². The zero-order valence-corrected chi connectivity index (χ0v) is 6.63. The first-order chi connectivity index (χ1) is 6.48. The minimum atomic E-state index is -4.71. The molecule has 2 aliphatic rings. The molecule has 0 spiro atoms. The summed E-state index contributed by atoms with van der Waals surface area (Å²) in [7, 11) is 0. The van der Waals surface area contributed by atoms with Crippen LogP contribution in [-0.2, 0) is 0 Å². The minimum absolute atomic E-state index is 0.426. The smallest absolute Gasteiger partial charge is 0.332 e. The van der Waals surface area contributed by atoms with E-state index < -0.39 is 23.4 Å². The standard InChI is InChI=1S/C6H4F3N5/c7-6(8,9)5-3(10)11-1-12-4(5)13-2-14-5/h1-2H,(H2,10,11,12,13,14). The Kier molecular flexibility index (Phi) is 1.52. The number of hydrogen-bond donors (Lipinski definition) is 2. The molecule has 2 heterocycles. The lowest BCUT2D eigenvalue weighted by Gasteiger charge is -2.28. The Hall–Kier alpha value is -1.73. The third-order valence-electron chi connectivity index (χ3n) is 1.93. The number of halogens is 3. The highest BCUT2D eigenvalue weighted by Crippen LogP contribution is 2.38. The maximum Gasteiger partial charge on any atom is 0.428 e. The average Bonchev–Trinajstić information content (AvgIpc) is 2.48. The molecule has 0 aromatic carbocycles. The van der Waals surface area contributed by atoms with Crippen LogP contribution < -0.4 is 5.32 Å². The van der Waals surface area contributed by atoms with Gasteiger partial charge in [0, 0.05) is 0 Å². The molecule has 0 fully saturated rings. The molecule has 0 aromatic heterocycles. The molecule has 0 bridgehead atoms. The van der Waals surface area contributed by atoms with Crippen molar-refractivity contribution < 1.29 is 13.2 Å². The Balaban J connectivity index is 2.60. The van der Waals surface area contributed by atoms with Crippen LogP contribution in [0, 0.1) is 5.41 Å². The summed E-state index contributed by atoms with van der Waals surface area (Å²) in [6.45, 7) is 0. The largest absolute Gasteiger partial charge is 0.428 e. The summed E-state index contributed by atoms with van der Waals surface area (Å²) in [4.78, 5) is 9.83. The van der Waals surface area contributed by atoms with Crippen molar-refractivity contribution >= 4 is 24.3 Å². The molecule has 2 rings (SSSR count). The Labute approximate surface area is 76.0 Å².